The topological polar surface area (TPSA) is 57.4 Å². The molecule has 0 radical (unpaired) electrons. The van der Waals surface area contributed by atoms with Gasteiger partial charge < -0.3 is 15.2 Å². The first-order valence-electron chi connectivity index (χ1n) is 7.17. The van der Waals surface area contributed by atoms with Crippen LogP contribution in [0.2, 0.25) is 0 Å². The zero-order chi connectivity index (χ0) is 14.9. The van der Waals surface area contributed by atoms with Crippen molar-refractivity contribution in [3.05, 3.63) is 59.9 Å². The van der Waals surface area contributed by atoms with Crippen molar-refractivity contribution in [2.45, 2.75) is 18.9 Å². The van der Waals surface area contributed by atoms with Crippen molar-refractivity contribution in [1.29, 1.82) is 0 Å². The van der Waals surface area contributed by atoms with Crippen molar-refractivity contribution in [3.63, 3.8) is 0 Å². The largest absolute Gasteiger partial charge is 0.491 e. The minimum absolute atomic E-state index is 0.0641. The maximum absolute atomic E-state index is 6.31. The molecule has 0 amide bonds. The molecule has 2 rings (SSSR count). The van der Waals surface area contributed by atoms with Gasteiger partial charge in [-0.2, -0.15) is 0 Å². The predicted molar refractivity (Wildman–Crippen MR) is 83.3 cm³/mol. The third-order valence-corrected chi connectivity index (χ3v) is 3.30. The first kappa shape index (κ1) is 15.5. The van der Waals surface area contributed by atoms with Crippen LogP contribution >= 0.6 is 0 Å². The van der Waals surface area contributed by atoms with Crippen LogP contribution in [-0.2, 0) is 11.2 Å². The van der Waals surface area contributed by atoms with Gasteiger partial charge in [0.15, 0.2) is 0 Å². The minimum atomic E-state index is -0.0641. The number of methoxy groups -OCH3 is 1. The van der Waals surface area contributed by atoms with Crippen molar-refractivity contribution in [2.24, 2.45) is 5.73 Å². The van der Waals surface area contributed by atoms with Crippen LogP contribution < -0.4 is 10.5 Å². The molecule has 2 N–H and O–H groups in total. The average Bonchev–Trinajstić information content (AvgIpc) is 2.54. The summed E-state index contributed by atoms with van der Waals surface area (Å²) in [4.78, 5) is 4.32. The lowest BCUT2D eigenvalue weighted by Gasteiger charge is -2.16. The fourth-order valence-electron chi connectivity index (χ4n) is 2.16. The van der Waals surface area contributed by atoms with Gasteiger partial charge in [-0.25, -0.2) is 0 Å². The summed E-state index contributed by atoms with van der Waals surface area (Å²) in [5.41, 5.74) is 8.40. The van der Waals surface area contributed by atoms with E-state index in [0.717, 1.165) is 29.8 Å². The van der Waals surface area contributed by atoms with Gasteiger partial charge in [0.1, 0.15) is 12.4 Å². The molecule has 0 aliphatic heterocycles. The zero-order valence-electron chi connectivity index (χ0n) is 12.4. The van der Waals surface area contributed by atoms with Crippen LogP contribution in [0.15, 0.2) is 48.7 Å². The molecule has 2 aromatic rings. The molecule has 1 heterocycles. The number of para-hydroxylation sites is 1. The van der Waals surface area contributed by atoms with Gasteiger partial charge in [0.05, 0.1) is 6.61 Å². The van der Waals surface area contributed by atoms with Crippen molar-refractivity contribution < 1.29 is 9.47 Å². The molecule has 0 aliphatic rings. The van der Waals surface area contributed by atoms with E-state index in [1.807, 2.05) is 48.7 Å². The summed E-state index contributed by atoms with van der Waals surface area (Å²) in [7, 11) is 1.66. The molecule has 1 aromatic carbocycles. The lowest BCUT2D eigenvalue weighted by atomic mass is 10.0. The summed E-state index contributed by atoms with van der Waals surface area (Å²) in [6.45, 7) is 1.10. The minimum Gasteiger partial charge on any atom is -0.491 e. The zero-order valence-corrected chi connectivity index (χ0v) is 12.4. The van der Waals surface area contributed by atoms with Crippen molar-refractivity contribution in [2.75, 3.05) is 20.3 Å². The number of aryl methyl sites for hydroxylation is 1. The SMILES string of the molecule is COCCOc1ccccc1C(N)CCc1ccccn1. The van der Waals surface area contributed by atoms with Gasteiger partial charge in [0.2, 0.25) is 0 Å². The Kier molecular flexibility index (Phi) is 6.19. The van der Waals surface area contributed by atoms with Crippen LogP contribution in [0.25, 0.3) is 0 Å². The monoisotopic (exact) mass is 286 g/mol. The van der Waals surface area contributed by atoms with E-state index in [1.54, 1.807) is 7.11 Å². The van der Waals surface area contributed by atoms with E-state index in [4.69, 9.17) is 15.2 Å². The number of benzene rings is 1. The number of nitrogens with two attached hydrogens (primary N) is 1. The molecule has 0 bridgehead atoms. The van der Waals surface area contributed by atoms with E-state index in [0.29, 0.717) is 13.2 Å². The molecule has 0 saturated heterocycles. The number of aromatic nitrogens is 1. The summed E-state index contributed by atoms with van der Waals surface area (Å²) < 4.78 is 10.7. The van der Waals surface area contributed by atoms with Gasteiger partial charge in [-0.1, -0.05) is 24.3 Å². The van der Waals surface area contributed by atoms with Gasteiger partial charge >= 0.3 is 0 Å². The molecule has 0 fully saturated rings. The first-order chi connectivity index (χ1) is 10.3. The molecule has 21 heavy (non-hydrogen) atoms. The molecule has 112 valence electrons. The Morgan fingerprint density at radius 1 is 1.10 bits per heavy atom. The average molecular weight is 286 g/mol. The Morgan fingerprint density at radius 2 is 1.90 bits per heavy atom. The Hall–Kier alpha value is -1.91. The van der Waals surface area contributed by atoms with E-state index in [2.05, 4.69) is 4.98 Å². The fourth-order valence-corrected chi connectivity index (χ4v) is 2.16. The quantitative estimate of drug-likeness (QED) is 0.758. The highest BCUT2D eigenvalue weighted by Crippen LogP contribution is 2.26. The third kappa shape index (κ3) is 4.85. The molecule has 1 aromatic heterocycles. The van der Waals surface area contributed by atoms with Crippen LogP contribution in [0, 0.1) is 0 Å². The van der Waals surface area contributed by atoms with Crippen molar-refractivity contribution >= 4 is 0 Å². The van der Waals surface area contributed by atoms with Crippen LogP contribution in [0.5, 0.6) is 5.75 Å². The molecule has 4 heteroatoms. The van der Waals surface area contributed by atoms with Gasteiger partial charge in [0, 0.05) is 30.6 Å². The summed E-state index contributed by atoms with van der Waals surface area (Å²) in [5.74, 6) is 0.836. The van der Waals surface area contributed by atoms with Crippen molar-refractivity contribution in [3.8, 4) is 5.75 Å². The molecular weight excluding hydrogens is 264 g/mol. The lowest BCUT2D eigenvalue weighted by Crippen LogP contribution is -2.14. The number of hydrogen-bond donors (Lipinski definition) is 1. The van der Waals surface area contributed by atoms with Gasteiger partial charge in [-0.05, 0) is 31.0 Å². The van der Waals surface area contributed by atoms with Crippen molar-refractivity contribution in [1.82, 2.24) is 4.98 Å². The Labute approximate surface area is 125 Å². The van der Waals surface area contributed by atoms with E-state index < -0.39 is 0 Å². The highest BCUT2D eigenvalue weighted by Gasteiger charge is 2.12. The van der Waals surface area contributed by atoms with Crippen LogP contribution in [0.4, 0.5) is 0 Å². The van der Waals surface area contributed by atoms with Gasteiger partial charge in [-0.3, -0.25) is 4.98 Å². The van der Waals surface area contributed by atoms with E-state index in [-0.39, 0.29) is 6.04 Å². The van der Waals surface area contributed by atoms with Gasteiger partial charge in [-0.15, -0.1) is 0 Å². The molecule has 0 spiro atoms. The van der Waals surface area contributed by atoms with Crippen LogP contribution in [0.3, 0.4) is 0 Å². The molecule has 1 atom stereocenters. The smallest absolute Gasteiger partial charge is 0.124 e. The predicted octanol–water partition coefficient (Wildman–Crippen LogP) is 2.74. The highest BCUT2D eigenvalue weighted by molar-refractivity contribution is 5.35. The lowest BCUT2D eigenvalue weighted by molar-refractivity contribution is 0.145. The fraction of sp³-hybridized carbons (Fsp3) is 0.353. The van der Waals surface area contributed by atoms with Gasteiger partial charge in [0.25, 0.3) is 0 Å². The number of rotatable bonds is 8. The number of nitrogens with zero attached hydrogens (tertiary/aromatic N) is 1. The standard InChI is InChI=1S/C17H22N2O2/c1-20-12-13-21-17-8-3-2-7-15(17)16(18)10-9-14-6-4-5-11-19-14/h2-8,11,16H,9-10,12-13,18H2,1H3. The second-order valence-electron chi connectivity index (χ2n) is 4.85. The Balaban J connectivity index is 1.96. The first-order valence-corrected chi connectivity index (χ1v) is 7.17. The maximum atomic E-state index is 6.31. The summed E-state index contributed by atoms with van der Waals surface area (Å²) >= 11 is 0. The Bertz CT molecular complexity index is 531. The summed E-state index contributed by atoms with van der Waals surface area (Å²) in [5, 5.41) is 0. The highest BCUT2D eigenvalue weighted by atomic mass is 16.5. The van der Waals surface area contributed by atoms with E-state index in [9.17, 15) is 0 Å². The molecule has 0 saturated carbocycles. The molecule has 4 nitrogen and oxygen atoms in total. The number of pyridine rings is 1. The second kappa shape index (κ2) is 8.39. The second-order valence-corrected chi connectivity index (χ2v) is 4.85. The van der Waals surface area contributed by atoms with E-state index >= 15 is 0 Å². The molecule has 0 aliphatic carbocycles. The Morgan fingerprint density at radius 3 is 2.67 bits per heavy atom. The number of hydrogen-bond acceptors (Lipinski definition) is 4. The third-order valence-electron chi connectivity index (χ3n) is 3.30. The molecule has 1 unspecified atom stereocenters. The van der Waals surface area contributed by atoms with E-state index in [1.165, 1.54) is 0 Å². The number of ether oxygens (including phenoxy) is 2. The summed E-state index contributed by atoms with van der Waals surface area (Å²) in [6, 6.07) is 13.8. The van der Waals surface area contributed by atoms with Crippen LogP contribution in [0.1, 0.15) is 23.7 Å². The normalized spacial score (nSPS) is 12.1. The van der Waals surface area contributed by atoms with Crippen LogP contribution in [-0.4, -0.2) is 25.3 Å². The summed E-state index contributed by atoms with van der Waals surface area (Å²) in [6.07, 6.45) is 3.50. The maximum Gasteiger partial charge on any atom is 0.124 e. The molecular formula is C17H22N2O2.